The van der Waals surface area contributed by atoms with Crippen LogP contribution < -0.4 is 4.74 Å². The molecule has 0 aliphatic rings. The predicted octanol–water partition coefficient (Wildman–Crippen LogP) is 2.84. The van der Waals surface area contributed by atoms with Crippen molar-refractivity contribution in [2.45, 2.75) is 12.7 Å². The minimum atomic E-state index is -0.704. The van der Waals surface area contributed by atoms with E-state index in [1.54, 1.807) is 11.3 Å². The first-order valence-electron chi connectivity index (χ1n) is 5.90. The van der Waals surface area contributed by atoms with Gasteiger partial charge < -0.3 is 14.6 Å². The van der Waals surface area contributed by atoms with E-state index >= 15 is 0 Å². The predicted molar refractivity (Wildman–Crippen MR) is 71.9 cm³/mol. The molecule has 2 rings (SSSR count). The van der Waals surface area contributed by atoms with E-state index in [9.17, 15) is 9.50 Å². The molecule has 0 saturated carbocycles. The Balaban J connectivity index is 1.64. The molecule has 5 heteroatoms. The normalized spacial score (nSPS) is 12.3. The van der Waals surface area contributed by atoms with Crippen molar-refractivity contribution >= 4 is 11.3 Å². The maximum Gasteiger partial charge on any atom is 0.123 e. The van der Waals surface area contributed by atoms with Gasteiger partial charge in [0.1, 0.15) is 24.3 Å². The van der Waals surface area contributed by atoms with Crippen molar-refractivity contribution in [2.75, 3.05) is 13.2 Å². The molecule has 1 N–H and O–H groups in total. The summed E-state index contributed by atoms with van der Waals surface area (Å²) in [7, 11) is 0. The maximum atomic E-state index is 12.7. The lowest BCUT2D eigenvalue weighted by Gasteiger charge is -2.12. The number of benzene rings is 1. The summed E-state index contributed by atoms with van der Waals surface area (Å²) in [6.45, 7) is 0.820. The second kappa shape index (κ2) is 7.23. The Labute approximate surface area is 115 Å². The van der Waals surface area contributed by atoms with Crippen LogP contribution in [0.3, 0.4) is 0 Å². The van der Waals surface area contributed by atoms with Crippen LogP contribution in [0.2, 0.25) is 0 Å². The van der Waals surface area contributed by atoms with Crippen molar-refractivity contribution in [1.29, 1.82) is 0 Å². The molecular formula is C14H15FO3S. The monoisotopic (exact) mass is 282 g/mol. The Morgan fingerprint density at radius 2 is 1.95 bits per heavy atom. The molecule has 1 aromatic carbocycles. The van der Waals surface area contributed by atoms with E-state index < -0.39 is 6.10 Å². The van der Waals surface area contributed by atoms with E-state index in [4.69, 9.17) is 9.47 Å². The van der Waals surface area contributed by atoms with Crippen molar-refractivity contribution in [2.24, 2.45) is 0 Å². The summed E-state index contributed by atoms with van der Waals surface area (Å²) in [6.07, 6.45) is -0.704. The summed E-state index contributed by atoms with van der Waals surface area (Å²) in [6, 6.07) is 9.61. The molecule has 1 atom stereocenters. The number of thiophene rings is 1. The summed E-state index contributed by atoms with van der Waals surface area (Å²) in [4.78, 5) is 1.12. The van der Waals surface area contributed by atoms with Gasteiger partial charge >= 0.3 is 0 Å². The summed E-state index contributed by atoms with van der Waals surface area (Å²) < 4.78 is 23.3. The smallest absolute Gasteiger partial charge is 0.123 e. The molecule has 0 fully saturated rings. The summed E-state index contributed by atoms with van der Waals surface area (Å²) in [5, 5.41) is 11.7. The van der Waals surface area contributed by atoms with Crippen molar-refractivity contribution in [3.8, 4) is 5.75 Å². The molecule has 0 spiro atoms. The van der Waals surface area contributed by atoms with Crippen LogP contribution in [0.1, 0.15) is 4.88 Å². The van der Waals surface area contributed by atoms with E-state index in [2.05, 4.69) is 0 Å². The largest absolute Gasteiger partial charge is 0.491 e. The van der Waals surface area contributed by atoms with Gasteiger partial charge in [0.25, 0.3) is 0 Å². The number of aliphatic hydroxyl groups is 1. The van der Waals surface area contributed by atoms with Gasteiger partial charge in [-0.05, 0) is 35.7 Å². The fourth-order valence-corrected chi connectivity index (χ4v) is 2.10. The van der Waals surface area contributed by atoms with Gasteiger partial charge in [0, 0.05) is 4.88 Å². The third-order valence-electron chi connectivity index (χ3n) is 2.39. The first-order chi connectivity index (χ1) is 9.24. The molecule has 0 aliphatic carbocycles. The van der Waals surface area contributed by atoms with Crippen molar-refractivity contribution in [1.82, 2.24) is 0 Å². The third kappa shape index (κ3) is 4.98. The van der Waals surface area contributed by atoms with Gasteiger partial charge in [-0.1, -0.05) is 6.07 Å². The molecule has 3 nitrogen and oxygen atoms in total. The number of hydrogen-bond donors (Lipinski definition) is 1. The molecule has 1 heterocycles. The Bertz CT molecular complexity index is 470. The average Bonchev–Trinajstić information content (AvgIpc) is 2.91. The fraction of sp³-hybridized carbons (Fsp3) is 0.286. The second-order valence-corrected chi connectivity index (χ2v) is 5.05. The standard InChI is InChI=1S/C14H15FO3S/c15-11-3-5-13(6-4-11)18-9-12(16)8-17-10-14-2-1-7-19-14/h1-7,12,16H,8-10H2. The highest BCUT2D eigenvalue weighted by Gasteiger charge is 2.06. The highest BCUT2D eigenvalue weighted by Crippen LogP contribution is 2.12. The lowest BCUT2D eigenvalue weighted by Crippen LogP contribution is -2.23. The van der Waals surface area contributed by atoms with Crippen LogP contribution in [0.4, 0.5) is 4.39 Å². The molecule has 102 valence electrons. The first kappa shape index (κ1) is 14.0. The number of aliphatic hydroxyl groups excluding tert-OH is 1. The highest BCUT2D eigenvalue weighted by molar-refractivity contribution is 7.09. The van der Waals surface area contributed by atoms with Gasteiger partial charge in [0.2, 0.25) is 0 Å². The van der Waals surface area contributed by atoms with Gasteiger partial charge in [-0.25, -0.2) is 4.39 Å². The van der Waals surface area contributed by atoms with E-state index in [0.29, 0.717) is 12.4 Å². The van der Waals surface area contributed by atoms with Gasteiger partial charge in [-0.3, -0.25) is 0 Å². The van der Waals surface area contributed by atoms with Crippen LogP contribution >= 0.6 is 11.3 Å². The van der Waals surface area contributed by atoms with Crippen molar-refractivity contribution < 1.29 is 19.0 Å². The Hall–Kier alpha value is -1.43. The molecular weight excluding hydrogens is 267 g/mol. The minimum absolute atomic E-state index is 0.121. The number of halogens is 1. The Morgan fingerprint density at radius 1 is 1.16 bits per heavy atom. The topological polar surface area (TPSA) is 38.7 Å². The van der Waals surface area contributed by atoms with Crippen LogP contribution in [0.5, 0.6) is 5.75 Å². The highest BCUT2D eigenvalue weighted by atomic mass is 32.1. The molecule has 0 bridgehead atoms. The number of ether oxygens (including phenoxy) is 2. The van der Waals surface area contributed by atoms with Crippen LogP contribution in [-0.2, 0) is 11.3 Å². The average molecular weight is 282 g/mol. The summed E-state index contributed by atoms with van der Waals surface area (Å²) >= 11 is 1.61. The zero-order valence-corrected chi connectivity index (χ0v) is 11.1. The van der Waals surface area contributed by atoms with Crippen LogP contribution in [0.25, 0.3) is 0 Å². The van der Waals surface area contributed by atoms with E-state index in [1.165, 1.54) is 24.3 Å². The lowest BCUT2D eigenvalue weighted by molar-refractivity contribution is 0.00624. The maximum absolute atomic E-state index is 12.7. The van der Waals surface area contributed by atoms with Gasteiger partial charge in [-0.2, -0.15) is 0 Å². The molecule has 0 radical (unpaired) electrons. The van der Waals surface area contributed by atoms with Crippen molar-refractivity contribution in [3.05, 3.63) is 52.5 Å². The molecule has 1 unspecified atom stereocenters. The molecule has 19 heavy (non-hydrogen) atoms. The lowest BCUT2D eigenvalue weighted by atomic mass is 10.3. The Kier molecular flexibility index (Phi) is 5.32. The summed E-state index contributed by atoms with van der Waals surface area (Å²) in [5.41, 5.74) is 0. The molecule has 0 amide bonds. The Morgan fingerprint density at radius 3 is 2.63 bits per heavy atom. The van der Waals surface area contributed by atoms with Gasteiger partial charge in [0.15, 0.2) is 0 Å². The summed E-state index contributed by atoms with van der Waals surface area (Å²) in [5.74, 6) is 0.214. The molecule has 2 aromatic rings. The third-order valence-corrected chi connectivity index (χ3v) is 3.24. The first-order valence-corrected chi connectivity index (χ1v) is 6.78. The molecule has 1 aromatic heterocycles. The second-order valence-electron chi connectivity index (χ2n) is 4.01. The zero-order valence-electron chi connectivity index (χ0n) is 10.3. The van der Waals surface area contributed by atoms with Gasteiger partial charge in [0.05, 0.1) is 13.2 Å². The quantitative estimate of drug-likeness (QED) is 0.848. The number of rotatable bonds is 7. The van der Waals surface area contributed by atoms with Gasteiger partial charge in [-0.15, -0.1) is 11.3 Å². The molecule has 0 aliphatic heterocycles. The zero-order chi connectivity index (χ0) is 13.5. The SMILES string of the molecule is OC(COCc1cccs1)COc1ccc(F)cc1. The minimum Gasteiger partial charge on any atom is -0.491 e. The fourth-order valence-electron chi connectivity index (χ4n) is 1.46. The van der Waals surface area contributed by atoms with Crippen LogP contribution in [-0.4, -0.2) is 24.4 Å². The van der Waals surface area contributed by atoms with E-state index in [0.717, 1.165) is 4.88 Å². The molecule has 0 saturated heterocycles. The van der Waals surface area contributed by atoms with Crippen LogP contribution in [0, 0.1) is 5.82 Å². The van der Waals surface area contributed by atoms with Crippen molar-refractivity contribution in [3.63, 3.8) is 0 Å². The van der Waals surface area contributed by atoms with Crippen LogP contribution in [0.15, 0.2) is 41.8 Å². The van der Waals surface area contributed by atoms with E-state index in [1.807, 2.05) is 17.5 Å². The number of hydrogen-bond acceptors (Lipinski definition) is 4. The van der Waals surface area contributed by atoms with E-state index in [-0.39, 0.29) is 19.0 Å².